The molecule has 1 aliphatic carbocycles. The van der Waals surface area contributed by atoms with Crippen LogP contribution in [0.2, 0.25) is 0 Å². The van der Waals surface area contributed by atoms with E-state index in [9.17, 15) is 4.79 Å². The van der Waals surface area contributed by atoms with Crippen molar-refractivity contribution in [1.82, 2.24) is 15.2 Å². The Kier molecular flexibility index (Phi) is 3.10. The fourth-order valence-electron chi connectivity index (χ4n) is 1.82. The lowest BCUT2D eigenvalue weighted by Gasteiger charge is -2.06. The smallest absolute Gasteiger partial charge is 0.295 e. The fourth-order valence-corrected chi connectivity index (χ4v) is 2.18. The van der Waals surface area contributed by atoms with Crippen molar-refractivity contribution in [3.63, 3.8) is 0 Å². The highest BCUT2D eigenvalue weighted by Crippen LogP contribution is 2.37. The van der Waals surface area contributed by atoms with E-state index < -0.39 is 0 Å². The van der Waals surface area contributed by atoms with Crippen LogP contribution in [0.5, 0.6) is 0 Å². The first-order valence-corrected chi connectivity index (χ1v) is 6.92. The second-order valence-electron chi connectivity index (χ2n) is 4.73. The molecule has 2 N–H and O–H groups in total. The third-order valence-corrected chi connectivity index (χ3v) is 3.61. The summed E-state index contributed by atoms with van der Waals surface area (Å²) in [4.78, 5) is 16.3. The lowest BCUT2D eigenvalue weighted by molar-refractivity contribution is 0.101. The van der Waals surface area contributed by atoms with E-state index >= 15 is 0 Å². The molecule has 0 unspecified atom stereocenters. The predicted octanol–water partition coefficient (Wildman–Crippen LogP) is 3.01. The minimum atomic E-state index is -0.288. The number of halogens is 1. The lowest BCUT2D eigenvalue weighted by atomic mass is 10.2. The van der Waals surface area contributed by atoms with E-state index in [1.165, 1.54) is 0 Å². The van der Waals surface area contributed by atoms with Crippen molar-refractivity contribution in [2.24, 2.45) is 0 Å². The Balaban J connectivity index is 1.77. The van der Waals surface area contributed by atoms with Crippen molar-refractivity contribution in [1.29, 1.82) is 0 Å². The molecule has 0 saturated heterocycles. The van der Waals surface area contributed by atoms with Crippen LogP contribution >= 0.6 is 15.9 Å². The molecule has 5 nitrogen and oxygen atoms in total. The molecule has 3 rings (SSSR count). The third-order valence-electron chi connectivity index (χ3n) is 3.12. The average molecular weight is 321 g/mol. The van der Waals surface area contributed by atoms with Crippen LogP contribution in [0.15, 0.2) is 22.7 Å². The monoisotopic (exact) mass is 320 g/mol. The van der Waals surface area contributed by atoms with Gasteiger partial charge in [0.05, 0.1) is 0 Å². The zero-order valence-electron chi connectivity index (χ0n) is 10.4. The van der Waals surface area contributed by atoms with Crippen LogP contribution in [-0.2, 0) is 0 Å². The molecule has 19 heavy (non-hydrogen) atoms. The molecule has 6 heteroatoms. The van der Waals surface area contributed by atoms with Gasteiger partial charge in [-0.05, 0) is 37.5 Å². The van der Waals surface area contributed by atoms with Gasteiger partial charge >= 0.3 is 0 Å². The number of hydrogen-bond donors (Lipinski definition) is 2. The number of rotatable bonds is 3. The molecule has 0 bridgehead atoms. The molecule has 0 spiro atoms. The average Bonchev–Trinajstić information content (AvgIpc) is 3.11. The van der Waals surface area contributed by atoms with Gasteiger partial charge in [-0.15, -0.1) is 5.10 Å². The van der Waals surface area contributed by atoms with E-state index in [0.717, 1.165) is 34.4 Å². The van der Waals surface area contributed by atoms with E-state index in [1.54, 1.807) is 0 Å². The molecule has 0 aliphatic heterocycles. The maximum Gasteiger partial charge on any atom is 0.295 e. The molecule has 98 valence electrons. The summed E-state index contributed by atoms with van der Waals surface area (Å²) in [5.41, 5.74) is 1.76. The molecule has 0 atom stereocenters. The highest BCUT2D eigenvalue weighted by Gasteiger charge is 2.28. The van der Waals surface area contributed by atoms with E-state index in [0.29, 0.717) is 5.92 Å². The molecule has 1 saturated carbocycles. The Morgan fingerprint density at radius 1 is 1.47 bits per heavy atom. The number of amides is 1. The molecule has 2 aromatic rings. The number of nitrogens with zero attached hydrogens (tertiary/aromatic N) is 2. The number of carbonyl (C=O) groups is 1. The summed E-state index contributed by atoms with van der Waals surface area (Å²) < 4.78 is 0.919. The van der Waals surface area contributed by atoms with Crippen molar-refractivity contribution >= 4 is 27.5 Å². The van der Waals surface area contributed by atoms with Crippen LogP contribution in [-0.4, -0.2) is 21.1 Å². The van der Waals surface area contributed by atoms with Crippen LogP contribution in [0.3, 0.4) is 0 Å². The van der Waals surface area contributed by atoms with Crippen LogP contribution in [0, 0.1) is 6.92 Å². The zero-order chi connectivity index (χ0) is 13.4. The largest absolute Gasteiger partial charge is 0.319 e. The van der Waals surface area contributed by atoms with E-state index in [1.807, 2.05) is 25.1 Å². The van der Waals surface area contributed by atoms with Crippen molar-refractivity contribution in [2.45, 2.75) is 25.7 Å². The number of anilines is 1. The van der Waals surface area contributed by atoms with E-state index in [2.05, 4.69) is 36.4 Å². The number of benzene rings is 1. The quantitative estimate of drug-likeness (QED) is 0.913. The Morgan fingerprint density at radius 3 is 3.00 bits per heavy atom. The number of H-pyrrole nitrogens is 1. The molecule has 1 fully saturated rings. The molecule has 1 aliphatic rings. The molecule has 1 heterocycles. The van der Waals surface area contributed by atoms with Gasteiger partial charge in [0.15, 0.2) is 0 Å². The first-order chi connectivity index (χ1) is 9.13. The van der Waals surface area contributed by atoms with Crippen molar-refractivity contribution in [3.8, 4) is 0 Å². The zero-order valence-corrected chi connectivity index (χ0v) is 12.0. The van der Waals surface area contributed by atoms with Gasteiger partial charge in [-0.1, -0.05) is 22.0 Å². The molecule has 1 amide bonds. The molecular weight excluding hydrogens is 308 g/mol. The number of nitrogens with one attached hydrogen (secondary N) is 2. The van der Waals surface area contributed by atoms with Gasteiger partial charge in [0, 0.05) is 16.1 Å². The summed E-state index contributed by atoms with van der Waals surface area (Å²) >= 11 is 3.39. The first-order valence-electron chi connectivity index (χ1n) is 6.13. The normalized spacial score (nSPS) is 14.4. The van der Waals surface area contributed by atoms with Gasteiger partial charge in [-0.25, -0.2) is 4.98 Å². The standard InChI is InChI=1S/C13H13BrN4O/c1-7-2-5-9(14)6-10(7)15-13(19)12-16-11(17-18-12)8-3-4-8/h2,5-6,8H,3-4H2,1H3,(H,15,19)(H,16,17,18). The second-order valence-corrected chi connectivity index (χ2v) is 5.65. The van der Waals surface area contributed by atoms with Crippen molar-refractivity contribution in [2.75, 3.05) is 5.32 Å². The highest BCUT2D eigenvalue weighted by atomic mass is 79.9. The Bertz CT molecular complexity index is 633. The van der Waals surface area contributed by atoms with E-state index in [4.69, 9.17) is 0 Å². The number of aromatic amines is 1. The highest BCUT2D eigenvalue weighted by molar-refractivity contribution is 9.10. The van der Waals surface area contributed by atoms with Gasteiger partial charge in [0.25, 0.3) is 5.91 Å². The fraction of sp³-hybridized carbons (Fsp3) is 0.308. The van der Waals surface area contributed by atoms with Crippen LogP contribution in [0.4, 0.5) is 5.69 Å². The number of aryl methyl sites for hydroxylation is 1. The number of hydrogen-bond acceptors (Lipinski definition) is 3. The summed E-state index contributed by atoms with van der Waals surface area (Å²) in [7, 11) is 0. The maximum atomic E-state index is 12.1. The van der Waals surface area contributed by atoms with Crippen LogP contribution in [0.25, 0.3) is 0 Å². The Labute approximate surface area is 119 Å². The van der Waals surface area contributed by atoms with Gasteiger partial charge < -0.3 is 5.32 Å². The maximum absolute atomic E-state index is 12.1. The Hall–Kier alpha value is -1.69. The number of carbonyl (C=O) groups excluding carboxylic acids is 1. The van der Waals surface area contributed by atoms with Crippen LogP contribution in [0.1, 0.15) is 40.8 Å². The summed E-state index contributed by atoms with van der Waals surface area (Å²) in [6.07, 6.45) is 2.25. The summed E-state index contributed by atoms with van der Waals surface area (Å²) in [6, 6.07) is 5.73. The minimum Gasteiger partial charge on any atom is -0.319 e. The van der Waals surface area contributed by atoms with Gasteiger partial charge in [-0.3, -0.25) is 9.89 Å². The SMILES string of the molecule is Cc1ccc(Br)cc1NC(=O)c1n[nH]c(C2CC2)n1. The number of aromatic nitrogens is 3. The minimum absolute atomic E-state index is 0.196. The Morgan fingerprint density at radius 2 is 2.26 bits per heavy atom. The molecule has 1 aromatic carbocycles. The van der Waals surface area contributed by atoms with Crippen molar-refractivity contribution in [3.05, 3.63) is 39.9 Å². The topological polar surface area (TPSA) is 70.7 Å². The predicted molar refractivity (Wildman–Crippen MR) is 75.2 cm³/mol. The van der Waals surface area contributed by atoms with Crippen LogP contribution < -0.4 is 5.32 Å². The second kappa shape index (κ2) is 4.77. The molecule has 0 radical (unpaired) electrons. The summed E-state index contributed by atoms with van der Waals surface area (Å²) in [5, 5.41) is 9.62. The van der Waals surface area contributed by atoms with Gasteiger partial charge in [0.1, 0.15) is 5.82 Å². The van der Waals surface area contributed by atoms with E-state index in [-0.39, 0.29) is 11.7 Å². The summed E-state index contributed by atoms with van der Waals surface area (Å²) in [6.45, 7) is 1.94. The summed E-state index contributed by atoms with van der Waals surface area (Å²) in [5.74, 6) is 1.18. The van der Waals surface area contributed by atoms with Gasteiger partial charge in [-0.2, -0.15) is 0 Å². The lowest BCUT2D eigenvalue weighted by Crippen LogP contribution is -2.14. The van der Waals surface area contributed by atoms with Gasteiger partial charge in [0.2, 0.25) is 5.82 Å². The molecule has 1 aromatic heterocycles. The first kappa shape index (κ1) is 12.3. The molecular formula is C13H13BrN4O. The third kappa shape index (κ3) is 2.68. The van der Waals surface area contributed by atoms with Crippen molar-refractivity contribution < 1.29 is 4.79 Å².